The maximum absolute atomic E-state index is 13.6. The molecule has 0 unspecified atom stereocenters. The Labute approximate surface area is 130 Å². The predicted molar refractivity (Wildman–Crippen MR) is 82.6 cm³/mol. The average Bonchev–Trinajstić information content (AvgIpc) is 2.48. The fourth-order valence-electron chi connectivity index (χ4n) is 1.69. The van der Waals surface area contributed by atoms with E-state index in [0.29, 0.717) is 16.8 Å². The largest absolute Gasteiger partial charge is 0.484 e. The van der Waals surface area contributed by atoms with Crippen LogP contribution in [-0.4, -0.2) is 12.5 Å². The zero-order valence-corrected chi connectivity index (χ0v) is 12.7. The summed E-state index contributed by atoms with van der Waals surface area (Å²) < 4.78 is 19.5. The molecule has 0 fully saturated rings. The van der Waals surface area contributed by atoms with E-state index >= 15 is 0 Å². The number of nitrogens with two attached hydrogens (primary N) is 1. The third-order valence-electron chi connectivity index (χ3n) is 2.71. The number of rotatable bonds is 5. The van der Waals surface area contributed by atoms with Crippen molar-refractivity contribution >= 4 is 27.5 Å². The maximum atomic E-state index is 13.6. The topological polar surface area (TPSA) is 64.3 Å². The van der Waals surface area contributed by atoms with E-state index < -0.39 is 11.7 Å². The maximum Gasteiger partial charge on any atom is 0.262 e. The van der Waals surface area contributed by atoms with E-state index in [1.807, 2.05) is 6.07 Å². The van der Waals surface area contributed by atoms with Crippen molar-refractivity contribution in [3.8, 4) is 5.75 Å². The van der Waals surface area contributed by atoms with Gasteiger partial charge in [-0.2, -0.15) is 0 Å². The third-order valence-corrected chi connectivity index (χ3v) is 3.20. The molecule has 6 heteroatoms. The summed E-state index contributed by atoms with van der Waals surface area (Å²) in [6.45, 7) is 0.191. The summed E-state index contributed by atoms with van der Waals surface area (Å²) in [5.74, 6) is -0.401. The zero-order chi connectivity index (χ0) is 15.2. The van der Waals surface area contributed by atoms with Crippen molar-refractivity contribution in [3.05, 3.63) is 58.3 Å². The number of ether oxygens (including phenoxy) is 1. The van der Waals surface area contributed by atoms with Gasteiger partial charge in [-0.15, -0.1) is 0 Å². The van der Waals surface area contributed by atoms with Gasteiger partial charge in [0.25, 0.3) is 5.91 Å². The van der Waals surface area contributed by atoms with Crippen LogP contribution in [0.15, 0.2) is 46.9 Å². The Morgan fingerprint density at radius 3 is 2.81 bits per heavy atom. The standard InChI is InChI=1S/C15H14BrFN2O2/c16-11-4-5-14(13(17)7-11)19-15(20)9-21-12-3-1-2-10(6-12)8-18/h1-7H,8-9,18H2,(H,19,20). The summed E-state index contributed by atoms with van der Waals surface area (Å²) in [7, 11) is 0. The minimum Gasteiger partial charge on any atom is -0.484 e. The Bertz CT molecular complexity index is 649. The van der Waals surface area contributed by atoms with Crippen LogP contribution in [0, 0.1) is 5.82 Å². The van der Waals surface area contributed by atoms with Crippen LogP contribution in [0.1, 0.15) is 5.56 Å². The average molecular weight is 353 g/mol. The number of halogens is 2. The molecular formula is C15H14BrFN2O2. The van der Waals surface area contributed by atoms with Crippen LogP contribution in [0.5, 0.6) is 5.75 Å². The van der Waals surface area contributed by atoms with Crippen molar-refractivity contribution in [2.24, 2.45) is 5.73 Å². The molecule has 3 N–H and O–H groups in total. The fourth-order valence-corrected chi connectivity index (χ4v) is 2.02. The second-order valence-corrected chi connectivity index (χ2v) is 5.23. The highest BCUT2D eigenvalue weighted by Crippen LogP contribution is 2.19. The molecular weight excluding hydrogens is 339 g/mol. The van der Waals surface area contributed by atoms with Crippen molar-refractivity contribution < 1.29 is 13.9 Å². The van der Waals surface area contributed by atoms with E-state index in [1.165, 1.54) is 12.1 Å². The molecule has 0 aliphatic carbocycles. The van der Waals surface area contributed by atoms with Crippen LogP contribution in [-0.2, 0) is 11.3 Å². The van der Waals surface area contributed by atoms with Crippen LogP contribution in [0.4, 0.5) is 10.1 Å². The van der Waals surface area contributed by atoms with E-state index in [4.69, 9.17) is 10.5 Å². The first-order valence-electron chi connectivity index (χ1n) is 6.25. The summed E-state index contributed by atoms with van der Waals surface area (Å²) in [6, 6.07) is 11.5. The Morgan fingerprint density at radius 1 is 1.29 bits per heavy atom. The molecule has 0 aliphatic rings. The molecule has 4 nitrogen and oxygen atoms in total. The number of carbonyl (C=O) groups is 1. The number of benzene rings is 2. The number of nitrogens with one attached hydrogen (secondary N) is 1. The van der Waals surface area contributed by atoms with Gasteiger partial charge in [-0.05, 0) is 35.9 Å². The monoisotopic (exact) mass is 352 g/mol. The van der Waals surface area contributed by atoms with Gasteiger partial charge >= 0.3 is 0 Å². The van der Waals surface area contributed by atoms with Gasteiger partial charge in [-0.1, -0.05) is 28.1 Å². The van der Waals surface area contributed by atoms with Crippen molar-refractivity contribution in [1.82, 2.24) is 0 Å². The van der Waals surface area contributed by atoms with Crippen molar-refractivity contribution in [2.45, 2.75) is 6.54 Å². The van der Waals surface area contributed by atoms with Gasteiger partial charge in [0, 0.05) is 11.0 Å². The van der Waals surface area contributed by atoms with E-state index in [-0.39, 0.29) is 12.3 Å². The first kappa shape index (κ1) is 15.5. The first-order chi connectivity index (χ1) is 10.1. The number of anilines is 1. The van der Waals surface area contributed by atoms with Crippen LogP contribution >= 0.6 is 15.9 Å². The number of hydrogen-bond acceptors (Lipinski definition) is 3. The van der Waals surface area contributed by atoms with E-state index in [9.17, 15) is 9.18 Å². The summed E-state index contributed by atoms with van der Waals surface area (Å²) in [5, 5.41) is 2.45. The molecule has 2 aromatic rings. The predicted octanol–water partition coefficient (Wildman–Crippen LogP) is 3.06. The van der Waals surface area contributed by atoms with Crippen LogP contribution < -0.4 is 15.8 Å². The molecule has 110 valence electrons. The van der Waals surface area contributed by atoms with E-state index in [2.05, 4.69) is 21.2 Å². The highest BCUT2D eigenvalue weighted by molar-refractivity contribution is 9.10. The highest BCUT2D eigenvalue weighted by atomic mass is 79.9. The number of hydrogen-bond donors (Lipinski definition) is 2. The molecule has 1 amide bonds. The quantitative estimate of drug-likeness (QED) is 0.868. The number of carbonyl (C=O) groups excluding carboxylic acids is 1. The first-order valence-corrected chi connectivity index (χ1v) is 7.04. The molecule has 0 saturated heterocycles. The lowest BCUT2D eigenvalue weighted by Gasteiger charge is -2.09. The molecule has 0 aromatic heterocycles. The molecule has 2 rings (SSSR count). The van der Waals surface area contributed by atoms with Crippen molar-refractivity contribution in [1.29, 1.82) is 0 Å². The van der Waals surface area contributed by atoms with E-state index in [1.54, 1.807) is 24.3 Å². The third kappa shape index (κ3) is 4.54. The molecule has 0 radical (unpaired) electrons. The number of amides is 1. The van der Waals surface area contributed by atoms with Crippen LogP contribution in [0.3, 0.4) is 0 Å². The van der Waals surface area contributed by atoms with Crippen LogP contribution in [0.25, 0.3) is 0 Å². The molecule has 0 saturated carbocycles. The van der Waals surface area contributed by atoms with Gasteiger partial charge in [-0.25, -0.2) is 4.39 Å². The molecule has 0 atom stereocenters. The van der Waals surface area contributed by atoms with Gasteiger partial charge in [0.1, 0.15) is 11.6 Å². The van der Waals surface area contributed by atoms with Gasteiger partial charge in [0.15, 0.2) is 6.61 Å². The Balaban J connectivity index is 1.92. The van der Waals surface area contributed by atoms with Crippen molar-refractivity contribution in [3.63, 3.8) is 0 Å². The zero-order valence-electron chi connectivity index (χ0n) is 11.1. The second kappa shape index (κ2) is 7.19. The Hall–Kier alpha value is -1.92. The Morgan fingerprint density at radius 2 is 2.10 bits per heavy atom. The molecule has 0 bridgehead atoms. The molecule has 21 heavy (non-hydrogen) atoms. The summed E-state index contributed by atoms with van der Waals surface area (Å²) in [5.41, 5.74) is 6.55. The second-order valence-electron chi connectivity index (χ2n) is 4.31. The van der Waals surface area contributed by atoms with Gasteiger partial charge in [0.2, 0.25) is 0 Å². The van der Waals surface area contributed by atoms with Crippen molar-refractivity contribution in [2.75, 3.05) is 11.9 Å². The normalized spacial score (nSPS) is 10.2. The summed E-state index contributed by atoms with van der Waals surface area (Å²) >= 11 is 3.15. The van der Waals surface area contributed by atoms with E-state index in [0.717, 1.165) is 5.56 Å². The van der Waals surface area contributed by atoms with Gasteiger partial charge in [0.05, 0.1) is 5.69 Å². The minimum atomic E-state index is -0.511. The molecule has 0 spiro atoms. The van der Waals surface area contributed by atoms with Gasteiger partial charge < -0.3 is 15.8 Å². The highest BCUT2D eigenvalue weighted by Gasteiger charge is 2.08. The summed E-state index contributed by atoms with van der Waals surface area (Å²) in [4.78, 5) is 11.7. The lowest BCUT2D eigenvalue weighted by atomic mass is 10.2. The minimum absolute atomic E-state index is 0.113. The molecule has 0 aliphatic heterocycles. The molecule has 0 heterocycles. The lowest BCUT2D eigenvalue weighted by molar-refractivity contribution is -0.118. The fraction of sp³-hybridized carbons (Fsp3) is 0.133. The van der Waals surface area contributed by atoms with Crippen LogP contribution in [0.2, 0.25) is 0 Å². The summed E-state index contributed by atoms with van der Waals surface area (Å²) in [6.07, 6.45) is 0. The Kier molecular flexibility index (Phi) is 5.30. The van der Waals surface area contributed by atoms with Gasteiger partial charge in [-0.3, -0.25) is 4.79 Å². The molecule has 2 aromatic carbocycles. The lowest BCUT2D eigenvalue weighted by Crippen LogP contribution is -2.20. The smallest absolute Gasteiger partial charge is 0.262 e. The SMILES string of the molecule is NCc1cccc(OCC(=O)Nc2ccc(Br)cc2F)c1.